The van der Waals surface area contributed by atoms with Crippen molar-refractivity contribution in [3.63, 3.8) is 0 Å². The van der Waals surface area contributed by atoms with E-state index in [9.17, 15) is 4.79 Å². The van der Waals surface area contributed by atoms with Crippen molar-refractivity contribution in [1.29, 1.82) is 0 Å². The van der Waals surface area contributed by atoms with E-state index in [1.807, 2.05) is 25.1 Å². The lowest BCUT2D eigenvalue weighted by atomic mass is 10.1. The minimum absolute atomic E-state index is 0.0874. The number of amides is 1. The minimum Gasteiger partial charge on any atom is -0.493 e. The Balaban J connectivity index is 1.94. The number of carbonyl (C=O) groups excluding carboxylic acids is 1. The van der Waals surface area contributed by atoms with Gasteiger partial charge in [-0.25, -0.2) is 0 Å². The predicted molar refractivity (Wildman–Crippen MR) is 73.1 cm³/mol. The van der Waals surface area contributed by atoms with Gasteiger partial charge in [0.2, 0.25) is 5.91 Å². The van der Waals surface area contributed by atoms with Gasteiger partial charge in [-0.15, -0.1) is 0 Å². The van der Waals surface area contributed by atoms with Gasteiger partial charge in [-0.3, -0.25) is 4.79 Å². The first kappa shape index (κ1) is 13.9. The van der Waals surface area contributed by atoms with Crippen molar-refractivity contribution in [3.8, 4) is 5.75 Å². The fraction of sp³-hybridized carbons (Fsp3) is 0.533. The quantitative estimate of drug-likeness (QED) is 0.819. The van der Waals surface area contributed by atoms with Crippen molar-refractivity contribution in [3.05, 3.63) is 29.3 Å². The molecule has 104 valence electrons. The van der Waals surface area contributed by atoms with Crippen LogP contribution in [0, 0.1) is 12.8 Å². The van der Waals surface area contributed by atoms with Gasteiger partial charge in [-0.05, 0) is 37.3 Å². The molecule has 0 saturated heterocycles. The van der Waals surface area contributed by atoms with Crippen LogP contribution in [0.2, 0.25) is 0 Å². The number of rotatable bonds is 7. The molecule has 0 spiro atoms. The molecule has 4 nitrogen and oxygen atoms in total. The average molecular weight is 263 g/mol. The Kier molecular flexibility index (Phi) is 4.80. The minimum atomic E-state index is -0.115. The number of nitrogens with one attached hydrogen (secondary N) is 1. The molecule has 1 aliphatic carbocycles. The second kappa shape index (κ2) is 6.57. The van der Waals surface area contributed by atoms with E-state index in [0.717, 1.165) is 29.4 Å². The van der Waals surface area contributed by atoms with Gasteiger partial charge < -0.3 is 14.8 Å². The molecule has 1 aliphatic rings. The van der Waals surface area contributed by atoms with Crippen molar-refractivity contribution in [2.24, 2.45) is 5.92 Å². The Morgan fingerprint density at radius 3 is 2.89 bits per heavy atom. The zero-order valence-corrected chi connectivity index (χ0v) is 11.6. The van der Waals surface area contributed by atoms with E-state index < -0.39 is 0 Å². The monoisotopic (exact) mass is 263 g/mol. The van der Waals surface area contributed by atoms with Gasteiger partial charge in [0.25, 0.3) is 0 Å². The first-order valence-corrected chi connectivity index (χ1v) is 6.67. The number of methoxy groups -OCH3 is 1. The molecule has 1 amide bonds. The summed E-state index contributed by atoms with van der Waals surface area (Å²) in [5.41, 5.74) is 2.17. The third-order valence-corrected chi connectivity index (χ3v) is 3.15. The lowest BCUT2D eigenvalue weighted by molar-refractivity contribution is -0.124. The number of hydrogen-bond acceptors (Lipinski definition) is 3. The fourth-order valence-corrected chi connectivity index (χ4v) is 1.81. The zero-order chi connectivity index (χ0) is 13.7. The van der Waals surface area contributed by atoms with Crippen LogP contribution in [0.5, 0.6) is 5.75 Å². The van der Waals surface area contributed by atoms with E-state index in [4.69, 9.17) is 9.47 Å². The Morgan fingerprint density at radius 1 is 1.42 bits per heavy atom. The summed E-state index contributed by atoms with van der Waals surface area (Å²) in [7, 11) is 1.51. The largest absolute Gasteiger partial charge is 0.493 e. The Bertz CT molecular complexity index is 441. The number of aryl methyl sites for hydroxylation is 1. The van der Waals surface area contributed by atoms with Crippen LogP contribution < -0.4 is 10.1 Å². The Labute approximate surface area is 114 Å². The van der Waals surface area contributed by atoms with E-state index in [0.29, 0.717) is 6.54 Å². The molecule has 1 fully saturated rings. The molecule has 0 aliphatic heterocycles. The van der Waals surface area contributed by atoms with Crippen molar-refractivity contribution in [2.45, 2.75) is 26.3 Å². The third-order valence-electron chi connectivity index (χ3n) is 3.15. The van der Waals surface area contributed by atoms with Gasteiger partial charge in [0.05, 0.1) is 6.61 Å². The molecule has 1 aromatic carbocycles. The maximum absolute atomic E-state index is 11.4. The fourth-order valence-electron chi connectivity index (χ4n) is 1.81. The molecular weight excluding hydrogens is 242 g/mol. The standard InChI is InChI=1S/C15H21NO3/c1-11-3-6-13(8-16-15(17)10-18-2)14(7-11)19-9-12-4-5-12/h3,6-7,12H,4-5,8-10H2,1-2H3,(H,16,17). The first-order valence-electron chi connectivity index (χ1n) is 6.67. The van der Waals surface area contributed by atoms with Crippen LogP contribution in [-0.2, 0) is 16.1 Å². The van der Waals surface area contributed by atoms with Gasteiger partial charge in [0, 0.05) is 19.2 Å². The summed E-state index contributed by atoms with van der Waals surface area (Å²) >= 11 is 0. The lowest BCUT2D eigenvalue weighted by Crippen LogP contribution is -2.26. The third kappa shape index (κ3) is 4.56. The molecule has 0 unspecified atom stereocenters. The number of ether oxygens (including phenoxy) is 2. The summed E-state index contributed by atoms with van der Waals surface area (Å²) in [4.78, 5) is 11.4. The van der Waals surface area contributed by atoms with E-state index in [2.05, 4.69) is 5.32 Å². The summed E-state index contributed by atoms with van der Waals surface area (Å²) in [6, 6.07) is 6.06. The summed E-state index contributed by atoms with van der Waals surface area (Å²) in [5, 5.41) is 2.82. The summed E-state index contributed by atoms with van der Waals surface area (Å²) in [6.45, 7) is 3.38. The summed E-state index contributed by atoms with van der Waals surface area (Å²) in [5.74, 6) is 1.48. The van der Waals surface area contributed by atoms with Crippen LogP contribution in [0.3, 0.4) is 0 Å². The number of carbonyl (C=O) groups is 1. The lowest BCUT2D eigenvalue weighted by Gasteiger charge is -2.13. The van der Waals surface area contributed by atoms with Gasteiger partial charge in [0.1, 0.15) is 12.4 Å². The van der Waals surface area contributed by atoms with Crippen LogP contribution >= 0.6 is 0 Å². The zero-order valence-electron chi connectivity index (χ0n) is 11.6. The SMILES string of the molecule is COCC(=O)NCc1ccc(C)cc1OCC1CC1. The molecular formula is C15H21NO3. The van der Waals surface area contributed by atoms with Crippen molar-refractivity contribution < 1.29 is 14.3 Å². The van der Waals surface area contributed by atoms with Crippen LogP contribution in [0.4, 0.5) is 0 Å². The molecule has 4 heteroatoms. The topological polar surface area (TPSA) is 47.6 Å². The highest BCUT2D eigenvalue weighted by Gasteiger charge is 2.22. The van der Waals surface area contributed by atoms with Crippen molar-refractivity contribution in [2.75, 3.05) is 20.3 Å². The molecule has 19 heavy (non-hydrogen) atoms. The van der Waals surface area contributed by atoms with Gasteiger partial charge in [-0.1, -0.05) is 12.1 Å². The highest BCUT2D eigenvalue weighted by atomic mass is 16.5. The maximum atomic E-state index is 11.4. The number of hydrogen-bond donors (Lipinski definition) is 1. The van der Waals surface area contributed by atoms with Crippen molar-refractivity contribution >= 4 is 5.91 Å². The second-order valence-corrected chi connectivity index (χ2v) is 5.08. The van der Waals surface area contributed by atoms with Crippen LogP contribution in [0.25, 0.3) is 0 Å². The maximum Gasteiger partial charge on any atom is 0.246 e. The average Bonchev–Trinajstić information content (AvgIpc) is 3.19. The highest BCUT2D eigenvalue weighted by Crippen LogP contribution is 2.30. The van der Waals surface area contributed by atoms with Gasteiger partial charge in [-0.2, -0.15) is 0 Å². The highest BCUT2D eigenvalue weighted by molar-refractivity contribution is 5.77. The second-order valence-electron chi connectivity index (χ2n) is 5.08. The molecule has 1 aromatic rings. The smallest absolute Gasteiger partial charge is 0.246 e. The van der Waals surface area contributed by atoms with E-state index in [-0.39, 0.29) is 12.5 Å². The summed E-state index contributed by atoms with van der Waals surface area (Å²) in [6.07, 6.45) is 2.54. The first-order chi connectivity index (χ1) is 9.19. The number of benzene rings is 1. The van der Waals surface area contributed by atoms with E-state index in [1.54, 1.807) is 0 Å². The van der Waals surface area contributed by atoms with E-state index >= 15 is 0 Å². The molecule has 0 atom stereocenters. The van der Waals surface area contributed by atoms with Gasteiger partial charge in [0.15, 0.2) is 0 Å². The Morgan fingerprint density at radius 2 is 2.21 bits per heavy atom. The Hall–Kier alpha value is -1.55. The van der Waals surface area contributed by atoms with Crippen LogP contribution in [0.1, 0.15) is 24.0 Å². The summed E-state index contributed by atoms with van der Waals surface area (Å²) < 4.78 is 10.6. The molecule has 0 heterocycles. The molecule has 1 saturated carbocycles. The molecule has 0 radical (unpaired) electrons. The van der Waals surface area contributed by atoms with Crippen molar-refractivity contribution in [1.82, 2.24) is 5.32 Å². The van der Waals surface area contributed by atoms with Crippen LogP contribution in [-0.4, -0.2) is 26.2 Å². The van der Waals surface area contributed by atoms with Gasteiger partial charge >= 0.3 is 0 Å². The molecule has 0 bridgehead atoms. The molecule has 0 aromatic heterocycles. The molecule has 2 rings (SSSR count). The van der Waals surface area contributed by atoms with Crippen LogP contribution in [0.15, 0.2) is 18.2 Å². The molecule has 1 N–H and O–H groups in total. The van der Waals surface area contributed by atoms with E-state index in [1.165, 1.54) is 20.0 Å². The predicted octanol–water partition coefficient (Wildman–Crippen LogP) is 2.05. The normalized spacial score (nSPS) is 14.2.